The Bertz CT molecular complexity index is 2030. The minimum Gasteiger partial charge on any atom is -0.384 e. The number of para-hydroxylation sites is 1. The quantitative estimate of drug-likeness (QED) is 0.232. The molecule has 2 aliphatic heterocycles. The van der Waals surface area contributed by atoms with Crippen LogP contribution in [0.4, 0.5) is 17.1 Å². The van der Waals surface area contributed by atoms with Crippen LogP contribution < -0.4 is 10.2 Å². The van der Waals surface area contributed by atoms with Crippen molar-refractivity contribution in [1.29, 1.82) is 0 Å². The normalized spacial score (nSPS) is 22.0. The molecule has 3 atom stereocenters. The van der Waals surface area contributed by atoms with Crippen molar-refractivity contribution in [3.05, 3.63) is 150 Å². The summed E-state index contributed by atoms with van der Waals surface area (Å²) in [5.41, 5.74) is 10.6. The van der Waals surface area contributed by atoms with Crippen molar-refractivity contribution < 1.29 is 0 Å². The molecule has 42 heavy (non-hydrogen) atoms. The van der Waals surface area contributed by atoms with Crippen LogP contribution in [0, 0.1) is 11.8 Å². The Balaban J connectivity index is 1.25. The van der Waals surface area contributed by atoms with Crippen LogP contribution in [0.3, 0.4) is 0 Å². The lowest BCUT2D eigenvalue weighted by Crippen LogP contribution is -2.32. The molecule has 9 rings (SSSR count). The van der Waals surface area contributed by atoms with Crippen molar-refractivity contribution >= 4 is 59.7 Å². The molecule has 0 amide bonds. The average molecular weight is 559 g/mol. The molecule has 3 unspecified atom stereocenters. The molecule has 0 fully saturated rings. The fraction of sp³-hybridized carbons (Fsp3) is 0.128. The third-order valence-electron chi connectivity index (χ3n) is 9.39. The Hall–Kier alpha value is -4.60. The van der Waals surface area contributed by atoms with Gasteiger partial charge in [-0.15, -0.1) is 11.3 Å². The van der Waals surface area contributed by atoms with Crippen LogP contribution in [0.25, 0.3) is 31.3 Å². The first-order valence-electron chi connectivity index (χ1n) is 15.0. The number of rotatable bonds is 2. The summed E-state index contributed by atoms with van der Waals surface area (Å²) in [6.45, 7) is 0. The number of hydrogen-bond donors (Lipinski definition) is 1. The maximum Gasteiger partial charge on any atom is 0.0579 e. The number of nitrogens with zero attached hydrogens (tertiary/aromatic N) is 1. The minimum atomic E-state index is 0.260. The molecular weight excluding hydrogens is 529 g/mol. The number of fused-ring (bicyclic) bond motifs is 9. The van der Waals surface area contributed by atoms with Gasteiger partial charge >= 0.3 is 0 Å². The molecule has 4 aromatic carbocycles. The highest BCUT2D eigenvalue weighted by molar-refractivity contribution is 7.26. The number of nitrogens with one attached hydrogen (secondary N) is 1. The van der Waals surface area contributed by atoms with E-state index in [2.05, 4.69) is 144 Å². The maximum atomic E-state index is 3.65. The van der Waals surface area contributed by atoms with Gasteiger partial charge < -0.3 is 10.2 Å². The third-order valence-corrected chi connectivity index (χ3v) is 10.6. The monoisotopic (exact) mass is 558 g/mol. The van der Waals surface area contributed by atoms with Gasteiger partial charge in [0.15, 0.2) is 0 Å². The predicted octanol–water partition coefficient (Wildman–Crippen LogP) is 10.6. The highest BCUT2D eigenvalue weighted by Crippen LogP contribution is 2.53. The van der Waals surface area contributed by atoms with Gasteiger partial charge in [-0.05, 0) is 66.1 Å². The first kappa shape index (κ1) is 24.0. The second-order valence-electron chi connectivity index (χ2n) is 11.6. The molecule has 3 heteroatoms. The summed E-state index contributed by atoms with van der Waals surface area (Å²) in [5, 5.41) is 6.34. The summed E-state index contributed by atoms with van der Waals surface area (Å²) < 4.78 is 2.72. The van der Waals surface area contributed by atoms with Crippen LogP contribution in [0.1, 0.15) is 35.6 Å². The van der Waals surface area contributed by atoms with Gasteiger partial charge in [0.25, 0.3) is 0 Å². The number of allylic oxidation sites excluding steroid dienone is 8. The van der Waals surface area contributed by atoms with E-state index in [0.29, 0.717) is 11.8 Å². The summed E-state index contributed by atoms with van der Waals surface area (Å²) in [6, 6.07) is 32.1. The molecule has 0 saturated heterocycles. The smallest absolute Gasteiger partial charge is 0.0579 e. The summed E-state index contributed by atoms with van der Waals surface area (Å²) in [5.74, 6) is 0.869. The van der Waals surface area contributed by atoms with Crippen molar-refractivity contribution in [3.63, 3.8) is 0 Å². The Kier molecular flexibility index (Phi) is 5.42. The SMILES string of the molecule is C1=CC2C=CNC(c3ccc(N4c5ccccc5C5=C(C=CCC5)c5c4ccc4c5sc5ccccc54)cc3)C2C=C1. The molecule has 0 spiro atoms. The summed E-state index contributed by atoms with van der Waals surface area (Å²) in [7, 11) is 0. The van der Waals surface area contributed by atoms with Gasteiger partial charge in [0, 0.05) is 48.8 Å². The molecule has 3 heterocycles. The van der Waals surface area contributed by atoms with Crippen LogP contribution in [0.2, 0.25) is 0 Å². The molecule has 0 bridgehead atoms. The van der Waals surface area contributed by atoms with Crippen molar-refractivity contribution in [2.75, 3.05) is 4.90 Å². The Morgan fingerprint density at radius 1 is 0.762 bits per heavy atom. The van der Waals surface area contributed by atoms with E-state index in [1.54, 1.807) is 0 Å². The van der Waals surface area contributed by atoms with E-state index < -0.39 is 0 Å². The predicted molar refractivity (Wildman–Crippen MR) is 179 cm³/mol. The number of anilines is 3. The molecule has 2 aliphatic carbocycles. The van der Waals surface area contributed by atoms with E-state index in [0.717, 1.165) is 12.8 Å². The van der Waals surface area contributed by atoms with Crippen molar-refractivity contribution in [2.45, 2.75) is 18.9 Å². The lowest BCUT2D eigenvalue weighted by molar-refractivity contribution is 0.389. The van der Waals surface area contributed by atoms with Crippen LogP contribution in [0.15, 0.2) is 134 Å². The van der Waals surface area contributed by atoms with Gasteiger partial charge in [-0.25, -0.2) is 0 Å². The van der Waals surface area contributed by atoms with E-state index in [1.165, 1.54) is 65.1 Å². The fourth-order valence-corrected chi connectivity index (χ4v) is 8.69. The van der Waals surface area contributed by atoms with E-state index in [4.69, 9.17) is 0 Å². The summed E-state index contributed by atoms with van der Waals surface area (Å²) in [6.07, 6.45) is 20.3. The first-order chi connectivity index (χ1) is 20.8. The summed E-state index contributed by atoms with van der Waals surface area (Å²) in [4.78, 5) is 2.50. The fourth-order valence-electron chi connectivity index (χ4n) is 7.43. The second kappa shape index (κ2) is 9.47. The van der Waals surface area contributed by atoms with Crippen molar-refractivity contribution in [3.8, 4) is 0 Å². The second-order valence-corrected chi connectivity index (χ2v) is 12.7. The van der Waals surface area contributed by atoms with Crippen LogP contribution in [-0.2, 0) is 0 Å². The van der Waals surface area contributed by atoms with E-state index >= 15 is 0 Å². The molecular formula is C39H30N2S. The molecule has 0 radical (unpaired) electrons. The molecule has 0 saturated carbocycles. The zero-order chi connectivity index (χ0) is 27.6. The molecule has 4 aliphatic rings. The van der Waals surface area contributed by atoms with Crippen LogP contribution >= 0.6 is 11.3 Å². The highest BCUT2D eigenvalue weighted by Gasteiger charge is 2.32. The number of thiophene rings is 1. The van der Waals surface area contributed by atoms with Gasteiger partial charge in [0.2, 0.25) is 0 Å². The topological polar surface area (TPSA) is 15.3 Å². The van der Waals surface area contributed by atoms with Gasteiger partial charge in [0.05, 0.1) is 17.4 Å². The van der Waals surface area contributed by atoms with Gasteiger partial charge in [-0.3, -0.25) is 0 Å². The molecule has 202 valence electrons. The average Bonchev–Trinajstić information content (AvgIpc) is 3.38. The third kappa shape index (κ3) is 3.57. The molecule has 1 N–H and O–H groups in total. The zero-order valence-corrected chi connectivity index (χ0v) is 24.0. The first-order valence-corrected chi connectivity index (χ1v) is 15.8. The van der Waals surface area contributed by atoms with Gasteiger partial charge in [-0.1, -0.05) is 97.1 Å². The minimum absolute atomic E-state index is 0.260. The molecule has 5 aromatic rings. The lowest BCUT2D eigenvalue weighted by atomic mass is 9.78. The maximum absolute atomic E-state index is 3.65. The molecule has 2 nitrogen and oxygen atoms in total. The van der Waals surface area contributed by atoms with Gasteiger partial charge in [0.1, 0.15) is 0 Å². The lowest BCUT2D eigenvalue weighted by Gasteiger charge is -2.35. The summed E-state index contributed by atoms with van der Waals surface area (Å²) >= 11 is 1.93. The van der Waals surface area contributed by atoms with E-state index in [1.807, 2.05) is 11.3 Å². The van der Waals surface area contributed by atoms with Crippen molar-refractivity contribution in [2.24, 2.45) is 11.8 Å². The largest absolute Gasteiger partial charge is 0.384 e. The van der Waals surface area contributed by atoms with Gasteiger partial charge in [-0.2, -0.15) is 0 Å². The zero-order valence-electron chi connectivity index (χ0n) is 23.2. The molecule has 1 aromatic heterocycles. The van der Waals surface area contributed by atoms with E-state index in [9.17, 15) is 0 Å². The van der Waals surface area contributed by atoms with Crippen molar-refractivity contribution in [1.82, 2.24) is 5.32 Å². The number of benzene rings is 4. The van der Waals surface area contributed by atoms with Crippen LogP contribution in [0.5, 0.6) is 0 Å². The van der Waals surface area contributed by atoms with Crippen LogP contribution in [-0.4, -0.2) is 0 Å². The number of hydrogen-bond acceptors (Lipinski definition) is 3. The standard InChI is InChI=1S/C39H30N2S/c1-2-10-28-25(9-1)23-24-40-38(28)26-17-19-27(20-18-26)41-34-15-7-5-12-30(34)29-11-3-4-14-32(29)37-35(41)22-21-33-31-13-6-8-16-36(31)42-39(33)37/h1-2,4-10,12-25,28,38,40H,3,11H2. The Morgan fingerprint density at radius 2 is 1.62 bits per heavy atom. The Morgan fingerprint density at radius 3 is 2.57 bits per heavy atom. The Labute approximate surface area is 250 Å². The van der Waals surface area contributed by atoms with E-state index in [-0.39, 0.29) is 6.04 Å². The highest BCUT2D eigenvalue weighted by atomic mass is 32.1.